The van der Waals surface area contributed by atoms with Crippen molar-refractivity contribution in [1.82, 2.24) is 0 Å². The van der Waals surface area contributed by atoms with Gasteiger partial charge in [0.25, 0.3) is 0 Å². The first-order valence-electron chi connectivity index (χ1n) is 10.4. The lowest BCUT2D eigenvalue weighted by Gasteiger charge is -2.15. The van der Waals surface area contributed by atoms with Gasteiger partial charge < -0.3 is 9.47 Å². The van der Waals surface area contributed by atoms with Crippen molar-refractivity contribution in [2.24, 2.45) is 5.92 Å². The highest BCUT2D eigenvalue weighted by Gasteiger charge is 2.13. The molecule has 0 amide bonds. The molecule has 0 aromatic carbocycles. The first kappa shape index (κ1) is 23.9. The van der Waals surface area contributed by atoms with Crippen molar-refractivity contribution in [3.63, 3.8) is 0 Å². The monoisotopic (exact) mass is 356 g/mol. The summed E-state index contributed by atoms with van der Waals surface area (Å²) in [5.74, 6) is -0.150. The van der Waals surface area contributed by atoms with E-state index in [2.05, 4.69) is 13.8 Å². The molecule has 4 heteroatoms. The van der Waals surface area contributed by atoms with Crippen molar-refractivity contribution in [1.29, 1.82) is 0 Å². The van der Waals surface area contributed by atoms with Gasteiger partial charge in [0, 0.05) is 18.8 Å². The molecule has 0 atom stereocenters. The third-order valence-electron chi connectivity index (χ3n) is 4.51. The van der Waals surface area contributed by atoms with E-state index in [0.29, 0.717) is 26.1 Å². The molecule has 0 N–H and O–H groups in total. The van der Waals surface area contributed by atoms with Crippen LogP contribution in [0.5, 0.6) is 0 Å². The molecule has 0 saturated carbocycles. The maximum atomic E-state index is 11.7. The number of carbonyl (C=O) groups excluding carboxylic acids is 2. The molecule has 25 heavy (non-hydrogen) atoms. The Kier molecular flexibility index (Phi) is 17.0. The van der Waals surface area contributed by atoms with Crippen molar-refractivity contribution >= 4 is 11.9 Å². The molecular formula is C21H40O4. The van der Waals surface area contributed by atoms with Crippen molar-refractivity contribution in [3.05, 3.63) is 0 Å². The Labute approximate surface area is 155 Å². The van der Waals surface area contributed by atoms with Crippen LogP contribution in [0.15, 0.2) is 0 Å². The molecule has 0 unspecified atom stereocenters. The molecular weight excluding hydrogens is 316 g/mol. The Morgan fingerprint density at radius 1 is 0.640 bits per heavy atom. The quantitative estimate of drug-likeness (QED) is 0.243. The van der Waals surface area contributed by atoms with Crippen LogP contribution in [-0.4, -0.2) is 25.2 Å². The fourth-order valence-corrected chi connectivity index (χ4v) is 2.60. The Bertz CT molecular complexity index is 298. The average molecular weight is 357 g/mol. The molecule has 0 fully saturated rings. The van der Waals surface area contributed by atoms with Gasteiger partial charge in [0.2, 0.25) is 0 Å². The molecule has 0 aromatic rings. The average Bonchev–Trinajstić information content (AvgIpc) is 2.61. The van der Waals surface area contributed by atoms with Gasteiger partial charge in [0.1, 0.15) is 0 Å². The summed E-state index contributed by atoms with van der Waals surface area (Å²) in [6.07, 6.45) is 13.1. The van der Waals surface area contributed by atoms with Gasteiger partial charge in [-0.05, 0) is 19.3 Å². The zero-order valence-electron chi connectivity index (χ0n) is 16.8. The Hall–Kier alpha value is -1.06. The number of esters is 2. The lowest BCUT2D eigenvalue weighted by Crippen LogP contribution is -2.20. The number of hydrogen-bond acceptors (Lipinski definition) is 4. The third-order valence-corrected chi connectivity index (χ3v) is 4.51. The van der Waals surface area contributed by atoms with Crippen LogP contribution in [0.1, 0.15) is 104 Å². The van der Waals surface area contributed by atoms with Crippen LogP contribution in [-0.2, 0) is 19.1 Å². The lowest BCUT2D eigenvalue weighted by molar-refractivity contribution is -0.149. The fourth-order valence-electron chi connectivity index (χ4n) is 2.60. The zero-order valence-corrected chi connectivity index (χ0v) is 16.8. The third kappa shape index (κ3) is 16.2. The lowest BCUT2D eigenvalue weighted by atomic mass is 10.1. The minimum absolute atomic E-state index is 0.105. The second kappa shape index (κ2) is 17.8. The van der Waals surface area contributed by atoms with E-state index in [0.717, 1.165) is 32.1 Å². The normalized spacial score (nSPS) is 10.9. The van der Waals surface area contributed by atoms with Gasteiger partial charge in [-0.25, -0.2) is 0 Å². The van der Waals surface area contributed by atoms with E-state index in [1.54, 1.807) is 0 Å². The van der Waals surface area contributed by atoms with Crippen molar-refractivity contribution in [3.8, 4) is 0 Å². The van der Waals surface area contributed by atoms with Gasteiger partial charge in [-0.3, -0.25) is 9.59 Å². The van der Waals surface area contributed by atoms with Crippen LogP contribution < -0.4 is 0 Å². The predicted octanol–water partition coefficient (Wildman–Crippen LogP) is 5.82. The van der Waals surface area contributed by atoms with E-state index < -0.39 is 0 Å². The Morgan fingerprint density at radius 3 is 1.40 bits per heavy atom. The highest BCUT2D eigenvalue weighted by atomic mass is 16.5. The van der Waals surface area contributed by atoms with Crippen LogP contribution in [0.2, 0.25) is 0 Å². The zero-order chi connectivity index (χ0) is 18.8. The predicted molar refractivity (Wildman–Crippen MR) is 102 cm³/mol. The summed E-state index contributed by atoms with van der Waals surface area (Å²) in [5.41, 5.74) is 0. The number of ether oxygens (including phenoxy) is 2. The number of rotatable bonds is 17. The van der Waals surface area contributed by atoms with E-state index >= 15 is 0 Å². The van der Waals surface area contributed by atoms with Crippen LogP contribution in [0.25, 0.3) is 0 Å². The number of hydrogen-bond donors (Lipinski definition) is 0. The SMILES string of the molecule is CCCCCCCC(=O)OCC(CC)COC(=O)CCCCCCC. The standard InChI is InChI=1S/C21H40O4/c1-4-7-9-11-13-15-20(22)24-17-19(6-3)18-25-21(23)16-14-12-10-8-5-2/h19H,4-18H2,1-3H3. The summed E-state index contributed by atoms with van der Waals surface area (Å²) in [6, 6.07) is 0. The molecule has 0 aromatic heterocycles. The molecule has 0 spiro atoms. The van der Waals surface area contributed by atoms with E-state index in [9.17, 15) is 9.59 Å². The largest absolute Gasteiger partial charge is 0.465 e. The minimum atomic E-state index is -0.128. The molecule has 0 aliphatic heterocycles. The van der Waals surface area contributed by atoms with Gasteiger partial charge >= 0.3 is 11.9 Å². The first-order chi connectivity index (χ1) is 12.1. The molecule has 0 aliphatic rings. The summed E-state index contributed by atoms with van der Waals surface area (Å²) in [7, 11) is 0. The topological polar surface area (TPSA) is 52.6 Å². The second-order valence-corrected chi connectivity index (χ2v) is 6.97. The van der Waals surface area contributed by atoms with E-state index in [4.69, 9.17) is 9.47 Å². The molecule has 0 bridgehead atoms. The highest BCUT2D eigenvalue weighted by molar-refractivity contribution is 5.69. The van der Waals surface area contributed by atoms with Gasteiger partial charge in [-0.2, -0.15) is 0 Å². The molecule has 0 rings (SSSR count). The van der Waals surface area contributed by atoms with Crippen LogP contribution >= 0.6 is 0 Å². The van der Waals surface area contributed by atoms with Gasteiger partial charge in [-0.1, -0.05) is 72.1 Å². The highest BCUT2D eigenvalue weighted by Crippen LogP contribution is 2.10. The molecule has 148 valence electrons. The maximum Gasteiger partial charge on any atom is 0.305 e. The van der Waals surface area contributed by atoms with Crippen molar-refractivity contribution in [2.45, 2.75) is 104 Å². The van der Waals surface area contributed by atoms with E-state index in [1.807, 2.05) is 6.92 Å². The van der Waals surface area contributed by atoms with Gasteiger partial charge in [0.05, 0.1) is 13.2 Å². The Balaban J connectivity index is 3.69. The van der Waals surface area contributed by atoms with E-state index in [1.165, 1.54) is 38.5 Å². The smallest absolute Gasteiger partial charge is 0.305 e. The van der Waals surface area contributed by atoms with Crippen LogP contribution in [0.3, 0.4) is 0 Å². The van der Waals surface area contributed by atoms with Crippen LogP contribution in [0.4, 0.5) is 0 Å². The summed E-state index contributed by atoms with van der Waals surface area (Å²) < 4.78 is 10.7. The molecule has 0 heterocycles. The summed E-state index contributed by atoms with van der Waals surface area (Å²) >= 11 is 0. The maximum absolute atomic E-state index is 11.7. The molecule has 0 aliphatic carbocycles. The number of unbranched alkanes of at least 4 members (excludes halogenated alkanes) is 8. The summed E-state index contributed by atoms with van der Waals surface area (Å²) in [6.45, 7) is 7.10. The van der Waals surface area contributed by atoms with Gasteiger partial charge in [-0.15, -0.1) is 0 Å². The molecule has 0 radical (unpaired) electrons. The summed E-state index contributed by atoms with van der Waals surface area (Å²) in [4.78, 5) is 23.5. The Morgan fingerprint density at radius 2 is 1.04 bits per heavy atom. The fraction of sp³-hybridized carbons (Fsp3) is 0.905. The molecule has 0 saturated heterocycles. The summed E-state index contributed by atoms with van der Waals surface area (Å²) in [5, 5.41) is 0. The van der Waals surface area contributed by atoms with Crippen LogP contribution in [0, 0.1) is 5.92 Å². The first-order valence-corrected chi connectivity index (χ1v) is 10.4. The van der Waals surface area contributed by atoms with E-state index in [-0.39, 0.29) is 17.9 Å². The second-order valence-electron chi connectivity index (χ2n) is 6.97. The van der Waals surface area contributed by atoms with Gasteiger partial charge in [0.15, 0.2) is 0 Å². The number of carbonyl (C=O) groups is 2. The minimum Gasteiger partial charge on any atom is -0.465 e. The van der Waals surface area contributed by atoms with Crippen molar-refractivity contribution < 1.29 is 19.1 Å². The van der Waals surface area contributed by atoms with Crippen molar-refractivity contribution in [2.75, 3.05) is 13.2 Å². The molecule has 4 nitrogen and oxygen atoms in total.